The Morgan fingerprint density at radius 2 is 1.84 bits per heavy atom. The maximum atomic E-state index is 12.1. The monoisotopic (exact) mass is 334 g/mol. The van der Waals surface area contributed by atoms with E-state index < -0.39 is 0 Å². The third kappa shape index (κ3) is 2.97. The Hall–Kier alpha value is -2.82. The van der Waals surface area contributed by atoms with Crippen molar-refractivity contribution in [2.24, 2.45) is 5.92 Å². The minimum absolute atomic E-state index is 0.0861. The molecule has 25 heavy (non-hydrogen) atoms. The third-order valence-corrected chi connectivity index (χ3v) is 5.00. The number of aromatic nitrogens is 2. The second kappa shape index (κ2) is 6.24. The van der Waals surface area contributed by atoms with E-state index >= 15 is 0 Å². The van der Waals surface area contributed by atoms with Crippen molar-refractivity contribution in [1.29, 1.82) is 0 Å². The lowest BCUT2D eigenvalue weighted by Crippen LogP contribution is -2.28. The van der Waals surface area contributed by atoms with Gasteiger partial charge in [-0.2, -0.15) is 5.10 Å². The second-order valence-electron chi connectivity index (χ2n) is 6.89. The van der Waals surface area contributed by atoms with E-state index in [2.05, 4.69) is 56.8 Å². The average Bonchev–Trinajstić information content (AvgIpc) is 2.95. The van der Waals surface area contributed by atoms with Crippen LogP contribution in [0.25, 0.3) is 22.0 Å². The second-order valence-corrected chi connectivity index (χ2v) is 6.89. The topological polar surface area (TPSA) is 61.0 Å². The number of carbonyl (C=O) groups excluding carboxylic acids is 1. The van der Waals surface area contributed by atoms with Crippen LogP contribution in [0.3, 0.4) is 0 Å². The van der Waals surface area contributed by atoms with Crippen LogP contribution in [0.2, 0.25) is 0 Å². The first kappa shape index (κ1) is 15.7. The molecule has 0 aliphatic heterocycles. The maximum Gasteiger partial charge on any atom is 0.228 e. The number of amides is 1. The number of hydrogen-bond donors (Lipinski definition) is 2. The minimum atomic E-state index is 0.0861. The van der Waals surface area contributed by atoms with Crippen molar-refractivity contribution in [3.63, 3.8) is 0 Å². The summed E-state index contributed by atoms with van der Waals surface area (Å²) in [6, 6.07) is 14.6. The molecule has 128 valence electrons. The molecule has 1 fully saturated rings. The van der Waals surface area contributed by atoms with Crippen molar-refractivity contribution < 1.29 is 4.79 Å². The molecule has 0 unspecified atom stereocenters. The van der Waals surface area contributed by atoms with Crippen molar-refractivity contribution in [3.8, 4) is 11.1 Å². The van der Waals surface area contributed by atoms with Crippen LogP contribution in [0.4, 0.5) is 11.5 Å². The van der Waals surface area contributed by atoms with E-state index in [1.807, 2.05) is 20.2 Å². The zero-order valence-electron chi connectivity index (χ0n) is 14.5. The van der Waals surface area contributed by atoms with Crippen molar-refractivity contribution in [2.45, 2.75) is 19.3 Å². The quantitative estimate of drug-likeness (QED) is 0.757. The molecule has 1 aromatic heterocycles. The van der Waals surface area contributed by atoms with Crippen LogP contribution in [0.15, 0.2) is 42.5 Å². The van der Waals surface area contributed by atoms with Crippen LogP contribution >= 0.6 is 0 Å². The summed E-state index contributed by atoms with van der Waals surface area (Å²) in [5, 5.41) is 11.2. The summed E-state index contributed by atoms with van der Waals surface area (Å²) in [7, 11) is 4.07. The number of nitrogens with zero attached hydrogens (tertiary/aromatic N) is 2. The smallest absolute Gasteiger partial charge is 0.228 e. The summed E-state index contributed by atoms with van der Waals surface area (Å²) >= 11 is 0. The molecule has 1 amide bonds. The Morgan fingerprint density at radius 3 is 2.48 bits per heavy atom. The molecule has 0 atom stereocenters. The molecule has 2 N–H and O–H groups in total. The van der Waals surface area contributed by atoms with Gasteiger partial charge in [0.05, 0.1) is 5.52 Å². The predicted octanol–water partition coefficient (Wildman–Crippen LogP) is 4.03. The molecule has 0 radical (unpaired) electrons. The van der Waals surface area contributed by atoms with E-state index in [1.165, 1.54) is 5.69 Å². The van der Waals surface area contributed by atoms with Crippen LogP contribution in [0, 0.1) is 5.92 Å². The van der Waals surface area contributed by atoms with E-state index in [4.69, 9.17) is 0 Å². The van der Waals surface area contributed by atoms with Gasteiger partial charge in [-0.05, 0) is 48.2 Å². The molecule has 5 nitrogen and oxygen atoms in total. The van der Waals surface area contributed by atoms with Crippen LogP contribution in [-0.4, -0.2) is 30.2 Å². The van der Waals surface area contributed by atoms with E-state index in [-0.39, 0.29) is 11.8 Å². The van der Waals surface area contributed by atoms with Crippen LogP contribution in [-0.2, 0) is 4.79 Å². The summed E-state index contributed by atoms with van der Waals surface area (Å²) < 4.78 is 0. The molecule has 5 heteroatoms. The molecule has 3 aromatic rings. The zero-order chi connectivity index (χ0) is 17.4. The normalized spacial score (nSPS) is 14.3. The van der Waals surface area contributed by atoms with Crippen molar-refractivity contribution in [2.75, 3.05) is 24.3 Å². The van der Waals surface area contributed by atoms with Crippen LogP contribution in [0.1, 0.15) is 19.3 Å². The number of anilines is 2. The Labute approximate surface area is 147 Å². The van der Waals surface area contributed by atoms with Gasteiger partial charge in [0, 0.05) is 31.1 Å². The number of H-pyrrole nitrogens is 1. The number of nitrogens with one attached hydrogen (secondary N) is 2. The van der Waals surface area contributed by atoms with E-state index in [1.54, 1.807) is 0 Å². The lowest BCUT2D eigenvalue weighted by molar-refractivity contribution is -0.122. The van der Waals surface area contributed by atoms with Gasteiger partial charge in [0.25, 0.3) is 0 Å². The molecule has 0 spiro atoms. The molecular weight excluding hydrogens is 312 g/mol. The molecule has 1 heterocycles. The largest absolute Gasteiger partial charge is 0.378 e. The van der Waals surface area contributed by atoms with Gasteiger partial charge < -0.3 is 10.2 Å². The van der Waals surface area contributed by atoms with Gasteiger partial charge >= 0.3 is 0 Å². The predicted molar refractivity (Wildman–Crippen MR) is 102 cm³/mol. The van der Waals surface area contributed by atoms with Crippen molar-refractivity contribution in [1.82, 2.24) is 10.2 Å². The highest BCUT2D eigenvalue weighted by atomic mass is 16.2. The lowest BCUT2D eigenvalue weighted by atomic mass is 9.85. The van der Waals surface area contributed by atoms with Crippen molar-refractivity contribution >= 4 is 28.3 Å². The molecule has 1 aliphatic rings. The number of rotatable bonds is 4. The van der Waals surface area contributed by atoms with Gasteiger partial charge in [-0.15, -0.1) is 0 Å². The fourth-order valence-electron chi connectivity index (χ4n) is 3.14. The number of aromatic amines is 1. The summed E-state index contributed by atoms with van der Waals surface area (Å²) in [6.45, 7) is 0. The van der Waals surface area contributed by atoms with Gasteiger partial charge in [0.1, 0.15) is 0 Å². The highest BCUT2D eigenvalue weighted by Crippen LogP contribution is 2.30. The zero-order valence-corrected chi connectivity index (χ0v) is 14.5. The Kier molecular flexibility index (Phi) is 3.92. The molecule has 4 rings (SSSR count). The lowest BCUT2D eigenvalue weighted by Gasteiger charge is -2.23. The fourth-order valence-corrected chi connectivity index (χ4v) is 3.14. The number of benzene rings is 2. The SMILES string of the molecule is CN(C)c1ccc(-c2ccc3c(NC(=O)C4CCC4)n[nH]c3c2)cc1. The minimum Gasteiger partial charge on any atom is -0.378 e. The van der Waals surface area contributed by atoms with Gasteiger partial charge in [-0.3, -0.25) is 9.89 Å². The summed E-state index contributed by atoms with van der Waals surface area (Å²) in [6.07, 6.45) is 3.12. The number of carbonyl (C=O) groups is 1. The molecule has 0 bridgehead atoms. The number of fused-ring (bicyclic) bond motifs is 1. The average molecular weight is 334 g/mol. The number of hydrogen-bond acceptors (Lipinski definition) is 3. The van der Waals surface area contributed by atoms with Crippen LogP contribution < -0.4 is 10.2 Å². The van der Waals surface area contributed by atoms with Gasteiger partial charge in [-0.25, -0.2) is 0 Å². The first-order valence-electron chi connectivity index (χ1n) is 8.68. The summed E-state index contributed by atoms with van der Waals surface area (Å²) in [5.74, 6) is 0.866. The van der Waals surface area contributed by atoms with Gasteiger partial charge in [0.2, 0.25) is 5.91 Å². The Bertz CT molecular complexity index is 907. The highest BCUT2D eigenvalue weighted by Gasteiger charge is 2.26. The first-order valence-corrected chi connectivity index (χ1v) is 8.68. The molecule has 1 aliphatic carbocycles. The van der Waals surface area contributed by atoms with Gasteiger partial charge in [-0.1, -0.05) is 24.6 Å². The highest BCUT2D eigenvalue weighted by molar-refractivity contribution is 6.01. The summed E-state index contributed by atoms with van der Waals surface area (Å²) in [4.78, 5) is 14.2. The summed E-state index contributed by atoms with van der Waals surface area (Å²) in [5.41, 5.74) is 4.38. The fraction of sp³-hybridized carbons (Fsp3) is 0.300. The van der Waals surface area contributed by atoms with Gasteiger partial charge in [0.15, 0.2) is 5.82 Å². The third-order valence-electron chi connectivity index (χ3n) is 5.00. The van der Waals surface area contributed by atoms with E-state index in [0.29, 0.717) is 5.82 Å². The van der Waals surface area contributed by atoms with E-state index in [9.17, 15) is 4.79 Å². The van der Waals surface area contributed by atoms with E-state index in [0.717, 1.165) is 41.3 Å². The molecule has 0 saturated heterocycles. The molecular formula is C20H22N4O. The standard InChI is InChI=1S/C20H22N4O/c1-24(2)16-9-6-13(7-10-16)15-8-11-17-18(12-15)22-23-19(17)21-20(25)14-4-3-5-14/h6-12,14H,3-5H2,1-2H3,(H2,21,22,23,25). The maximum absolute atomic E-state index is 12.1. The van der Waals surface area contributed by atoms with Crippen LogP contribution in [0.5, 0.6) is 0 Å². The first-order chi connectivity index (χ1) is 12.1. The Morgan fingerprint density at radius 1 is 1.12 bits per heavy atom. The molecule has 1 saturated carbocycles. The molecule has 2 aromatic carbocycles. The van der Waals surface area contributed by atoms with Crippen molar-refractivity contribution in [3.05, 3.63) is 42.5 Å². The Balaban J connectivity index is 1.59.